The second kappa shape index (κ2) is 4.08. The van der Waals surface area contributed by atoms with Gasteiger partial charge < -0.3 is 5.73 Å². The zero-order chi connectivity index (χ0) is 12.6. The van der Waals surface area contributed by atoms with E-state index < -0.39 is 29.0 Å². The highest BCUT2D eigenvalue weighted by molar-refractivity contribution is 5.67. The fraction of sp³-hybridized carbons (Fsp3) is 0. The lowest BCUT2D eigenvalue weighted by Gasteiger charge is -2.06. The van der Waals surface area contributed by atoms with Gasteiger partial charge in [-0.15, -0.1) is 0 Å². The molecule has 1 nitrogen and oxygen atoms in total. The van der Waals surface area contributed by atoms with E-state index in [2.05, 4.69) is 0 Å². The molecular weight excluding hydrogens is 234 g/mol. The molecule has 2 rings (SSSR count). The lowest BCUT2D eigenvalue weighted by molar-refractivity contribution is 0.511. The highest BCUT2D eigenvalue weighted by atomic mass is 19.2. The number of benzene rings is 2. The molecule has 0 spiro atoms. The van der Waals surface area contributed by atoms with Gasteiger partial charge in [0.2, 0.25) is 0 Å². The van der Waals surface area contributed by atoms with Crippen LogP contribution < -0.4 is 5.73 Å². The van der Waals surface area contributed by atoms with E-state index in [0.29, 0.717) is 0 Å². The lowest BCUT2D eigenvalue weighted by Crippen LogP contribution is -1.97. The zero-order valence-corrected chi connectivity index (χ0v) is 8.48. The lowest BCUT2D eigenvalue weighted by atomic mass is 10.0. The summed E-state index contributed by atoms with van der Waals surface area (Å²) < 4.78 is 52.7. The Morgan fingerprint density at radius 1 is 0.824 bits per heavy atom. The van der Waals surface area contributed by atoms with Crippen molar-refractivity contribution in [3.63, 3.8) is 0 Å². The van der Waals surface area contributed by atoms with Crippen LogP contribution in [0.2, 0.25) is 0 Å². The van der Waals surface area contributed by atoms with Crippen molar-refractivity contribution in [2.75, 3.05) is 5.73 Å². The van der Waals surface area contributed by atoms with Crippen molar-refractivity contribution in [1.29, 1.82) is 0 Å². The molecule has 0 atom stereocenters. The minimum Gasteiger partial charge on any atom is -0.394 e. The second-order valence-electron chi connectivity index (χ2n) is 3.45. The Morgan fingerprint density at radius 3 is 2.00 bits per heavy atom. The summed E-state index contributed by atoms with van der Waals surface area (Å²) in [5, 5.41) is 0. The first-order chi connectivity index (χ1) is 8.00. The highest BCUT2D eigenvalue weighted by Gasteiger charge is 2.14. The topological polar surface area (TPSA) is 26.0 Å². The molecule has 0 saturated carbocycles. The van der Waals surface area contributed by atoms with Gasteiger partial charge in [-0.3, -0.25) is 0 Å². The molecule has 88 valence electrons. The Labute approximate surface area is 94.5 Å². The molecule has 2 N–H and O–H groups in total. The standard InChI is InChI=1S/C12H7F4N/c13-8-3-1-2-7(11(8)16)6-4-9(14)12(17)10(15)5-6/h1-5H,17H2. The SMILES string of the molecule is Nc1c(F)cc(-c2cccc(F)c2F)cc1F. The molecular formula is C12H7F4N. The van der Waals surface area contributed by atoms with Gasteiger partial charge in [0.05, 0.1) is 0 Å². The van der Waals surface area contributed by atoms with Crippen molar-refractivity contribution >= 4 is 5.69 Å². The first-order valence-corrected chi connectivity index (χ1v) is 4.69. The molecule has 0 aliphatic carbocycles. The molecule has 0 fully saturated rings. The van der Waals surface area contributed by atoms with Gasteiger partial charge in [0, 0.05) is 5.56 Å². The second-order valence-corrected chi connectivity index (χ2v) is 3.45. The van der Waals surface area contributed by atoms with Gasteiger partial charge in [-0.1, -0.05) is 12.1 Å². The zero-order valence-electron chi connectivity index (χ0n) is 8.48. The first kappa shape index (κ1) is 11.4. The molecule has 2 aromatic rings. The van der Waals surface area contributed by atoms with E-state index >= 15 is 0 Å². The molecule has 5 heteroatoms. The molecule has 0 aliphatic heterocycles. The Kier molecular flexibility index (Phi) is 2.75. The van der Waals surface area contributed by atoms with Crippen LogP contribution in [-0.4, -0.2) is 0 Å². The average Bonchev–Trinajstić information content (AvgIpc) is 2.29. The Morgan fingerprint density at radius 2 is 1.41 bits per heavy atom. The summed E-state index contributed by atoms with van der Waals surface area (Å²) >= 11 is 0. The summed E-state index contributed by atoms with van der Waals surface area (Å²) in [4.78, 5) is 0. The number of hydrogen-bond acceptors (Lipinski definition) is 1. The number of nitrogen functional groups attached to an aromatic ring is 1. The summed E-state index contributed by atoms with van der Waals surface area (Å²) in [5.74, 6) is -4.26. The number of rotatable bonds is 1. The molecule has 0 heterocycles. The Bertz CT molecular complexity index is 558. The summed E-state index contributed by atoms with van der Waals surface area (Å²) in [6, 6.07) is 5.11. The van der Waals surface area contributed by atoms with E-state index in [4.69, 9.17) is 5.73 Å². The molecule has 0 radical (unpaired) electrons. The average molecular weight is 241 g/mol. The van der Waals surface area contributed by atoms with Crippen LogP contribution >= 0.6 is 0 Å². The highest BCUT2D eigenvalue weighted by Crippen LogP contribution is 2.28. The van der Waals surface area contributed by atoms with Crippen LogP contribution in [0.3, 0.4) is 0 Å². The van der Waals surface area contributed by atoms with Crippen molar-refractivity contribution in [3.8, 4) is 11.1 Å². The third-order valence-corrected chi connectivity index (χ3v) is 2.34. The molecule has 2 aromatic carbocycles. The molecule has 0 saturated heterocycles. The van der Waals surface area contributed by atoms with Crippen molar-refractivity contribution in [2.45, 2.75) is 0 Å². The van der Waals surface area contributed by atoms with Gasteiger partial charge in [-0.25, -0.2) is 17.6 Å². The van der Waals surface area contributed by atoms with E-state index in [1.54, 1.807) is 0 Å². The van der Waals surface area contributed by atoms with Crippen LogP contribution in [0.1, 0.15) is 0 Å². The van der Waals surface area contributed by atoms with E-state index in [1.807, 2.05) is 0 Å². The molecule has 0 amide bonds. The van der Waals surface area contributed by atoms with Gasteiger partial charge in [0.25, 0.3) is 0 Å². The molecule has 0 aromatic heterocycles. The van der Waals surface area contributed by atoms with Crippen molar-refractivity contribution in [3.05, 3.63) is 53.6 Å². The number of anilines is 1. The smallest absolute Gasteiger partial charge is 0.166 e. The Balaban J connectivity index is 2.65. The van der Waals surface area contributed by atoms with E-state index in [0.717, 1.165) is 18.2 Å². The van der Waals surface area contributed by atoms with E-state index in [-0.39, 0.29) is 11.1 Å². The minimum absolute atomic E-state index is 0.105. The minimum atomic E-state index is -1.16. The van der Waals surface area contributed by atoms with E-state index in [1.165, 1.54) is 12.1 Å². The molecule has 0 unspecified atom stereocenters. The summed E-state index contributed by atoms with van der Waals surface area (Å²) in [6.45, 7) is 0. The summed E-state index contributed by atoms with van der Waals surface area (Å²) in [5.41, 5.74) is 4.11. The van der Waals surface area contributed by atoms with Gasteiger partial charge in [-0.05, 0) is 23.8 Å². The van der Waals surface area contributed by atoms with Gasteiger partial charge in [0.1, 0.15) is 17.3 Å². The third kappa shape index (κ3) is 1.95. The number of hydrogen-bond donors (Lipinski definition) is 1. The van der Waals surface area contributed by atoms with Crippen LogP contribution in [0.4, 0.5) is 23.2 Å². The maximum Gasteiger partial charge on any atom is 0.166 e. The fourth-order valence-electron chi connectivity index (χ4n) is 1.47. The van der Waals surface area contributed by atoms with E-state index in [9.17, 15) is 17.6 Å². The Hall–Kier alpha value is -2.04. The largest absolute Gasteiger partial charge is 0.394 e. The van der Waals surface area contributed by atoms with Crippen LogP contribution in [0.5, 0.6) is 0 Å². The monoisotopic (exact) mass is 241 g/mol. The predicted molar refractivity (Wildman–Crippen MR) is 56.1 cm³/mol. The molecule has 0 bridgehead atoms. The third-order valence-electron chi connectivity index (χ3n) is 2.34. The quantitative estimate of drug-likeness (QED) is 0.600. The fourth-order valence-corrected chi connectivity index (χ4v) is 1.47. The van der Waals surface area contributed by atoms with Crippen molar-refractivity contribution in [1.82, 2.24) is 0 Å². The molecule has 17 heavy (non-hydrogen) atoms. The van der Waals surface area contributed by atoms with Crippen LogP contribution in [0.15, 0.2) is 30.3 Å². The van der Waals surface area contributed by atoms with Crippen LogP contribution in [-0.2, 0) is 0 Å². The maximum absolute atomic E-state index is 13.4. The van der Waals surface area contributed by atoms with Crippen LogP contribution in [0, 0.1) is 23.3 Å². The maximum atomic E-state index is 13.4. The normalized spacial score (nSPS) is 10.6. The van der Waals surface area contributed by atoms with Gasteiger partial charge in [0.15, 0.2) is 11.6 Å². The number of nitrogens with two attached hydrogens (primary N) is 1. The summed E-state index contributed by atoms with van der Waals surface area (Å²) in [7, 11) is 0. The molecule has 0 aliphatic rings. The number of halogens is 4. The van der Waals surface area contributed by atoms with Gasteiger partial charge >= 0.3 is 0 Å². The predicted octanol–water partition coefficient (Wildman–Crippen LogP) is 3.49. The van der Waals surface area contributed by atoms with Crippen molar-refractivity contribution < 1.29 is 17.6 Å². The van der Waals surface area contributed by atoms with Crippen LogP contribution in [0.25, 0.3) is 11.1 Å². The van der Waals surface area contributed by atoms with Crippen molar-refractivity contribution in [2.24, 2.45) is 0 Å². The van der Waals surface area contributed by atoms with Gasteiger partial charge in [-0.2, -0.15) is 0 Å². The summed E-state index contributed by atoms with van der Waals surface area (Å²) in [6.07, 6.45) is 0. The first-order valence-electron chi connectivity index (χ1n) is 4.69.